The van der Waals surface area contributed by atoms with Gasteiger partial charge in [-0.2, -0.15) is 0 Å². The lowest BCUT2D eigenvalue weighted by atomic mass is 9.95. The van der Waals surface area contributed by atoms with Gasteiger partial charge in [0.2, 0.25) is 5.91 Å². The van der Waals surface area contributed by atoms with Crippen molar-refractivity contribution < 1.29 is 13.2 Å². The quantitative estimate of drug-likeness (QED) is 0.645. The summed E-state index contributed by atoms with van der Waals surface area (Å²) in [7, 11) is -3.28. The number of carbonyl (C=O) groups is 1. The SMILES string of the molecule is CS(=O)(=O)c1ccc2nc(NC(=O)C3CCN(c4cccc(Cl)c4)CC3)sc2c1. The summed E-state index contributed by atoms with van der Waals surface area (Å²) in [6.07, 6.45) is 2.68. The maximum Gasteiger partial charge on any atom is 0.229 e. The molecule has 0 saturated carbocycles. The predicted octanol–water partition coefficient (Wildman–Crippen LogP) is 4.21. The van der Waals surface area contributed by atoms with E-state index in [1.807, 2.05) is 24.3 Å². The van der Waals surface area contributed by atoms with Crippen LogP contribution in [0.2, 0.25) is 5.02 Å². The molecule has 1 N–H and O–H groups in total. The van der Waals surface area contributed by atoms with Crippen LogP contribution in [-0.4, -0.2) is 38.7 Å². The van der Waals surface area contributed by atoms with Crippen LogP contribution >= 0.6 is 22.9 Å². The van der Waals surface area contributed by atoms with Gasteiger partial charge in [0.1, 0.15) is 0 Å². The molecule has 0 radical (unpaired) electrons. The summed E-state index contributed by atoms with van der Waals surface area (Å²) in [5, 5.41) is 4.10. The molecular weight excluding hydrogens is 430 g/mol. The molecule has 1 amide bonds. The van der Waals surface area contributed by atoms with Crippen LogP contribution in [0.25, 0.3) is 10.2 Å². The zero-order chi connectivity index (χ0) is 20.6. The zero-order valence-corrected chi connectivity index (χ0v) is 18.1. The molecule has 2 aromatic carbocycles. The van der Waals surface area contributed by atoms with E-state index in [1.165, 1.54) is 23.7 Å². The Kier molecular flexibility index (Phi) is 5.50. The van der Waals surface area contributed by atoms with E-state index in [0.717, 1.165) is 36.3 Å². The van der Waals surface area contributed by atoms with Crippen LogP contribution in [0.1, 0.15) is 12.8 Å². The normalized spacial score (nSPS) is 15.6. The van der Waals surface area contributed by atoms with Gasteiger partial charge in [0.05, 0.1) is 15.1 Å². The van der Waals surface area contributed by atoms with Crippen LogP contribution in [-0.2, 0) is 14.6 Å². The van der Waals surface area contributed by atoms with Gasteiger partial charge in [-0.05, 0) is 49.2 Å². The fraction of sp³-hybridized carbons (Fsp3) is 0.300. The number of nitrogens with one attached hydrogen (secondary N) is 1. The molecule has 4 rings (SSSR count). The average molecular weight is 450 g/mol. The highest BCUT2D eigenvalue weighted by Gasteiger charge is 2.26. The van der Waals surface area contributed by atoms with Crippen LogP contribution in [0.4, 0.5) is 10.8 Å². The van der Waals surface area contributed by atoms with E-state index in [4.69, 9.17) is 11.6 Å². The minimum absolute atomic E-state index is 0.0434. The van der Waals surface area contributed by atoms with Gasteiger partial charge in [0.15, 0.2) is 15.0 Å². The van der Waals surface area contributed by atoms with Gasteiger partial charge in [-0.25, -0.2) is 13.4 Å². The number of rotatable bonds is 4. The van der Waals surface area contributed by atoms with E-state index in [-0.39, 0.29) is 16.7 Å². The van der Waals surface area contributed by atoms with Crippen molar-refractivity contribution in [3.05, 3.63) is 47.5 Å². The smallest absolute Gasteiger partial charge is 0.229 e. The summed E-state index contributed by atoms with van der Waals surface area (Å²) in [6.45, 7) is 1.58. The van der Waals surface area contributed by atoms with Gasteiger partial charge in [-0.3, -0.25) is 4.79 Å². The lowest BCUT2D eigenvalue weighted by Crippen LogP contribution is -2.38. The van der Waals surface area contributed by atoms with E-state index in [9.17, 15) is 13.2 Å². The van der Waals surface area contributed by atoms with Crippen molar-refractivity contribution in [1.82, 2.24) is 4.98 Å². The number of fused-ring (bicyclic) bond motifs is 1. The highest BCUT2D eigenvalue weighted by Crippen LogP contribution is 2.30. The molecule has 29 heavy (non-hydrogen) atoms. The standard InChI is InChI=1S/C20H20ClN3O3S2/c1-29(26,27)16-5-6-17-18(12-16)28-20(22-17)23-19(25)13-7-9-24(10-8-13)15-4-2-3-14(21)11-15/h2-6,11-13H,7-10H2,1H3,(H,22,23,25). The number of amides is 1. The van der Waals surface area contributed by atoms with Gasteiger partial charge in [0, 0.05) is 36.0 Å². The van der Waals surface area contributed by atoms with E-state index >= 15 is 0 Å². The van der Waals surface area contributed by atoms with E-state index < -0.39 is 9.84 Å². The van der Waals surface area contributed by atoms with Crippen molar-refractivity contribution in [2.24, 2.45) is 5.92 Å². The molecule has 0 atom stereocenters. The fourth-order valence-electron chi connectivity index (χ4n) is 3.47. The first-order valence-corrected chi connectivity index (χ1v) is 12.3. The van der Waals surface area contributed by atoms with E-state index in [0.29, 0.717) is 15.7 Å². The molecule has 6 nitrogen and oxygen atoms in total. The lowest BCUT2D eigenvalue weighted by Gasteiger charge is -2.32. The number of nitrogens with zero attached hydrogens (tertiary/aromatic N) is 2. The number of anilines is 2. The Labute approximate surface area is 178 Å². The van der Waals surface area contributed by atoms with E-state index in [1.54, 1.807) is 12.1 Å². The zero-order valence-electron chi connectivity index (χ0n) is 15.8. The number of aromatic nitrogens is 1. The third kappa shape index (κ3) is 4.55. The summed E-state index contributed by atoms with van der Waals surface area (Å²) >= 11 is 7.36. The third-order valence-corrected chi connectivity index (χ3v) is 7.34. The molecule has 1 aromatic heterocycles. The first-order chi connectivity index (χ1) is 13.8. The summed E-state index contributed by atoms with van der Waals surface area (Å²) in [5.74, 6) is -0.123. The Morgan fingerprint density at radius 1 is 1.21 bits per heavy atom. The van der Waals surface area contributed by atoms with Crippen LogP contribution in [0.15, 0.2) is 47.4 Å². The highest BCUT2D eigenvalue weighted by molar-refractivity contribution is 7.90. The number of benzene rings is 2. The summed E-state index contributed by atoms with van der Waals surface area (Å²) in [5.41, 5.74) is 1.75. The fourth-order valence-corrected chi connectivity index (χ4v) is 5.28. The molecule has 1 fully saturated rings. The minimum Gasteiger partial charge on any atom is -0.371 e. The van der Waals surface area contributed by atoms with Crippen molar-refractivity contribution in [3.63, 3.8) is 0 Å². The van der Waals surface area contributed by atoms with Crippen molar-refractivity contribution in [1.29, 1.82) is 0 Å². The van der Waals surface area contributed by atoms with Gasteiger partial charge in [0.25, 0.3) is 0 Å². The van der Waals surface area contributed by atoms with Crippen LogP contribution in [0.5, 0.6) is 0 Å². The molecule has 3 aromatic rings. The molecule has 0 bridgehead atoms. The molecule has 1 saturated heterocycles. The first-order valence-electron chi connectivity index (χ1n) is 9.21. The van der Waals surface area contributed by atoms with Crippen molar-refractivity contribution in [3.8, 4) is 0 Å². The molecule has 0 aliphatic carbocycles. The first kappa shape index (κ1) is 20.1. The number of carbonyl (C=O) groups excluding carboxylic acids is 1. The second-order valence-electron chi connectivity index (χ2n) is 7.15. The van der Waals surface area contributed by atoms with E-state index in [2.05, 4.69) is 15.2 Å². The Hall–Kier alpha value is -2.16. The number of hydrogen-bond donors (Lipinski definition) is 1. The van der Waals surface area contributed by atoms with Gasteiger partial charge < -0.3 is 10.2 Å². The summed E-state index contributed by atoms with van der Waals surface area (Å²) in [4.78, 5) is 19.6. The Balaban J connectivity index is 1.41. The lowest BCUT2D eigenvalue weighted by molar-refractivity contribution is -0.120. The Bertz CT molecular complexity index is 1170. The van der Waals surface area contributed by atoms with Crippen molar-refractivity contribution in [2.75, 3.05) is 29.6 Å². The topological polar surface area (TPSA) is 79.4 Å². The van der Waals surface area contributed by atoms with Crippen molar-refractivity contribution in [2.45, 2.75) is 17.7 Å². The second kappa shape index (κ2) is 7.93. The molecule has 1 aliphatic heterocycles. The monoisotopic (exact) mass is 449 g/mol. The second-order valence-corrected chi connectivity index (χ2v) is 10.6. The van der Waals surface area contributed by atoms with Crippen LogP contribution in [0, 0.1) is 5.92 Å². The van der Waals surface area contributed by atoms with Crippen molar-refractivity contribution >= 4 is 59.7 Å². The summed E-state index contributed by atoms with van der Waals surface area (Å²) in [6, 6.07) is 12.5. The van der Waals surface area contributed by atoms with Crippen LogP contribution < -0.4 is 10.2 Å². The predicted molar refractivity (Wildman–Crippen MR) is 118 cm³/mol. The van der Waals surface area contributed by atoms with Gasteiger partial charge in [-0.15, -0.1) is 0 Å². The summed E-state index contributed by atoms with van der Waals surface area (Å²) < 4.78 is 24.2. The number of halogens is 1. The van der Waals surface area contributed by atoms with Gasteiger partial charge >= 0.3 is 0 Å². The minimum atomic E-state index is -3.28. The number of hydrogen-bond acceptors (Lipinski definition) is 6. The highest BCUT2D eigenvalue weighted by atomic mass is 35.5. The number of sulfone groups is 1. The maximum absolute atomic E-state index is 12.7. The molecule has 152 valence electrons. The largest absolute Gasteiger partial charge is 0.371 e. The maximum atomic E-state index is 12.7. The molecule has 0 unspecified atom stereocenters. The third-order valence-electron chi connectivity index (χ3n) is 5.06. The Morgan fingerprint density at radius 2 is 1.97 bits per heavy atom. The average Bonchev–Trinajstić information content (AvgIpc) is 3.09. The Morgan fingerprint density at radius 3 is 2.66 bits per heavy atom. The molecule has 2 heterocycles. The molecule has 1 aliphatic rings. The molecule has 0 spiro atoms. The van der Waals surface area contributed by atoms with Gasteiger partial charge in [-0.1, -0.05) is 29.0 Å². The molecule has 9 heteroatoms. The molecular formula is C20H20ClN3O3S2. The number of thiazole rings is 1. The van der Waals surface area contributed by atoms with Crippen LogP contribution in [0.3, 0.4) is 0 Å². The number of piperidine rings is 1.